The molecule has 4 rings (SSSR count). The topological polar surface area (TPSA) is 79.6 Å². The number of aromatic nitrogens is 1. The van der Waals surface area contributed by atoms with E-state index >= 15 is 0 Å². The fraction of sp³-hybridized carbons (Fsp3) is 0.545. The first kappa shape index (κ1) is 20.1. The summed E-state index contributed by atoms with van der Waals surface area (Å²) in [5.74, 6) is 1.52. The van der Waals surface area contributed by atoms with Crippen LogP contribution in [0.1, 0.15) is 40.2 Å². The van der Waals surface area contributed by atoms with Gasteiger partial charge in [-0.05, 0) is 43.6 Å². The molecule has 3 unspecified atom stereocenters. The molecule has 1 amide bonds. The fourth-order valence-electron chi connectivity index (χ4n) is 4.68. The molecule has 7 heteroatoms. The minimum Gasteiger partial charge on any atom is -0.380 e. The molecular weight excluding hydrogens is 368 g/mol. The third-order valence-electron chi connectivity index (χ3n) is 6.21. The summed E-state index contributed by atoms with van der Waals surface area (Å²) in [6, 6.07) is 11.0. The van der Waals surface area contributed by atoms with E-state index in [2.05, 4.69) is 46.3 Å². The number of amides is 1. The highest BCUT2D eigenvalue weighted by atomic mass is 16.5. The predicted molar refractivity (Wildman–Crippen MR) is 109 cm³/mol. The van der Waals surface area contributed by atoms with Gasteiger partial charge in [0.25, 0.3) is 5.91 Å². The number of nitrogens with zero attached hydrogens (tertiary/aromatic N) is 2. The highest BCUT2D eigenvalue weighted by Crippen LogP contribution is 2.29. The number of methoxy groups -OCH3 is 1. The van der Waals surface area contributed by atoms with Gasteiger partial charge in [-0.1, -0.05) is 35.5 Å². The number of ether oxygens (including phenoxy) is 1. The number of likely N-dealkylation sites (tertiary alicyclic amines) is 1. The number of carbonyl (C=O) groups is 1. The molecule has 0 saturated carbocycles. The number of aryl methyl sites for hydroxylation is 1. The highest BCUT2D eigenvalue weighted by molar-refractivity contribution is 5.93. The van der Waals surface area contributed by atoms with Crippen molar-refractivity contribution < 1.29 is 14.1 Å². The Morgan fingerprint density at radius 3 is 2.97 bits per heavy atom. The van der Waals surface area contributed by atoms with Gasteiger partial charge in [0.05, 0.1) is 12.2 Å². The van der Waals surface area contributed by atoms with Gasteiger partial charge in [-0.2, -0.15) is 0 Å². The zero-order chi connectivity index (χ0) is 20.2. The van der Waals surface area contributed by atoms with Crippen LogP contribution in [0, 0.1) is 18.8 Å². The first-order valence-electron chi connectivity index (χ1n) is 10.4. The molecule has 1 aromatic heterocycles. The number of hydrogen-bond donors (Lipinski definition) is 2. The lowest BCUT2D eigenvalue weighted by Crippen LogP contribution is -2.49. The monoisotopic (exact) mass is 398 g/mol. The second-order valence-electron chi connectivity index (χ2n) is 8.15. The minimum absolute atomic E-state index is 0.0517. The third kappa shape index (κ3) is 4.37. The molecule has 0 radical (unpaired) electrons. The maximum Gasteiger partial charge on any atom is 0.276 e. The average Bonchev–Trinajstić information content (AvgIpc) is 3.36. The summed E-state index contributed by atoms with van der Waals surface area (Å²) in [5, 5.41) is 4.03. The van der Waals surface area contributed by atoms with E-state index in [0.717, 1.165) is 44.5 Å². The number of benzene rings is 1. The number of carbonyl (C=O) groups excluding carboxylic acids is 1. The first-order chi connectivity index (χ1) is 14.2. The van der Waals surface area contributed by atoms with Gasteiger partial charge in [0.1, 0.15) is 5.76 Å². The summed E-state index contributed by atoms with van der Waals surface area (Å²) in [7, 11) is 1.61. The lowest BCUT2D eigenvalue weighted by molar-refractivity contribution is 0.0621. The standard InChI is InChI=1S/C22H30N4O3/c1-15-19(14-28-2)21(25-29-15)22(27)26-10-6-9-17(13-26)20-18(12-23-24-20)11-16-7-4-3-5-8-16/h3-5,7-8,17-18,20,23-24H,6,9-14H2,1-2H3. The van der Waals surface area contributed by atoms with Crippen LogP contribution in [-0.2, 0) is 17.8 Å². The van der Waals surface area contributed by atoms with Crippen molar-refractivity contribution in [2.75, 3.05) is 26.7 Å². The summed E-state index contributed by atoms with van der Waals surface area (Å²) < 4.78 is 10.5. The molecule has 29 heavy (non-hydrogen) atoms. The van der Waals surface area contributed by atoms with Crippen molar-refractivity contribution in [3.8, 4) is 0 Å². The summed E-state index contributed by atoms with van der Waals surface area (Å²) in [4.78, 5) is 15.1. The van der Waals surface area contributed by atoms with Crippen molar-refractivity contribution in [2.45, 2.75) is 38.8 Å². The van der Waals surface area contributed by atoms with Gasteiger partial charge in [0.2, 0.25) is 0 Å². The number of rotatable bonds is 6. The summed E-state index contributed by atoms with van der Waals surface area (Å²) >= 11 is 0. The van der Waals surface area contributed by atoms with Gasteiger partial charge in [0.15, 0.2) is 5.69 Å². The quantitative estimate of drug-likeness (QED) is 0.777. The summed E-state index contributed by atoms with van der Waals surface area (Å²) in [5.41, 5.74) is 9.34. The van der Waals surface area contributed by atoms with Gasteiger partial charge >= 0.3 is 0 Å². The second kappa shape index (κ2) is 9.07. The maximum absolute atomic E-state index is 13.2. The molecule has 0 aliphatic carbocycles. The molecule has 0 bridgehead atoms. The largest absolute Gasteiger partial charge is 0.380 e. The third-order valence-corrected chi connectivity index (χ3v) is 6.21. The molecule has 2 aliphatic heterocycles. The smallest absolute Gasteiger partial charge is 0.276 e. The molecule has 2 aliphatic rings. The second-order valence-corrected chi connectivity index (χ2v) is 8.15. The van der Waals surface area contributed by atoms with Gasteiger partial charge in [0, 0.05) is 32.8 Å². The van der Waals surface area contributed by atoms with Crippen LogP contribution >= 0.6 is 0 Å². The van der Waals surface area contributed by atoms with E-state index in [1.165, 1.54) is 5.56 Å². The lowest BCUT2D eigenvalue weighted by Gasteiger charge is -2.37. The van der Waals surface area contributed by atoms with Crippen molar-refractivity contribution in [3.05, 3.63) is 52.9 Å². The molecule has 2 aromatic rings. The Balaban J connectivity index is 1.44. The number of nitrogens with one attached hydrogen (secondary N) is 2. The van der Waals surface area contributed by atoms with E-state index in [4.69, 9.17) is 9.26 Å². The number of piperidine rings is 1. The Bertz CT molecular complexity index is 823. The Morgan fingerprint density at radius 1 is 1.34 bits per heavy atom. The van der Waals surface area contributed by atoms with Crippen LogP contribution in [0.3, 0.4) is 0 Å². The number of hydrogen-bond acceptors (Lipinski definition) is 6. The molecule has 2 N–H and O–H groups in total. The van der Waals surface area contributed by atoms with Gasteiger partial charge in [-0.25, -0.2) is 0 Å². The molecule has 7 nitrogen and oxygen atoms in total. The van der Waals surface area contributed by atoms with Crippen LogP contribution < -0.4 is 10.9 Å². The molecule has 2 saturated heterocycles. The fourth-order valence-corrected chi connectivity index (χ4v) is 4.68. The molecule has 0 spiro atoms. The van der Waals surface area contributed by atoms with Crippen molar-refractivity contribution in [1.82, 2.24) is 20.9 Å². The van der Waals surface area contributed by atoms with Crippen molar-refractivity contribution in [3.63, 3.8) is 0 Å². The van der Waals surface area contributed by atoms with Crippen molar-refractivity contribution >= 4 is 5.91 Å². The Labute approximate surface area is 171 Å². The average molecular weight is 399 g/mol. The molecule has 2 fully saturated rings. The Morgan fingerprint density at radius 2 is 2.17 bits per heavy atom. The highest BCUT2D eigenvalue weighted by Gasteiger charge is 2.37. The van der Waals surface area contributed by atoms with E-state index in [1.54, 1.807) is 7.11 Å². The molecule has 3 atom stereocenters. The van der Waals surface area contributed by atoms with Crippen molar-refractivity contribution in [1.29, 1.82) is 0 Å². The predicted octanol–water partition coefficient (Wildman–Crippen LogP) is 2.32. The van der Waals surface area contributed by atoms with Gasteiger partial charge in [-0.3, -0.25) is 15.6 Å². The van der Waals surface area contributed by atoms with E-state index in [1.807, 2.05) is 11.8 Å². The van der Waals surface area contributed by atoms with E-state index in [9.17, 15) is 4.79 Å². The maximum atomic E-state index is 13.2. The molecule has 3 heterocycles. The van der Waals surface area contributed by atoms with Crippen LogP contribution in [-0.4, -0.2) is 48.7 Å². The van der Waals surface area contributed by atoms with Crippen LogP contribution in [0.4, 0.5) is 0 Å². The molecule has 156 valence electrons. The zero-order valence-electron chi connectivity index (χ0n) is 17.2. The normalized spacial score (nSPS) is 24.8. The zero-order valence-corrected chi connectivity index (χ0v) is 17.2. The lowest BCUT2D eigenvalue weighted by atomic mass is 9.81. The molecular formula is C22H30N4O3. The van der Waals surface area contributed by atoms with E-state index in [-0.39, 0.29) is 5.91 Å². The first-order valence-corrected chi connectivity index (χ1v) is 10.4. The van der Waals surface area contributed by atoms with Gasteiger partial charge < -0.3 is 14.2 Å². The minimum atomic E-state index is -0.0517. The van der Waals surface area contributed by atoms with Crippen molar-refractivity contribution in [2.24, 2.45) is 11.8 Å². The number of hydrazine groups is 1. The summed E-state index contributed by atoms with van der Waals surface area (Å²) in [6.45, 7) is 4.60. The van der Waals surface area contributed by atoms with Crippen LogP contribution in [0.25, 0.3) is 0 Å². The molecule has 1 aromatic carbocycles. The summed E-state index contributed by atoms with van der Waals surface area (Å²) in [6.07, 6.45) is 3.16. The Hall–Kier alpha value is -2.22. The van der Waals surface area contributed by atoms with Gasteiger partial charge in [-0.15, -0.1) is 0 Å². The van der Waals surface area contributed by atoms with E-state index < -0.39 is 0 Å². The van der Waals surface area contributed by atoms with Crippen LogP contribution in [0.2, 0.25) is 0 Å². The van der Waals surface area contributed by atoms with Crippen LogP contribution in [0.15, 0.2) is 34.9 Å². The SMILES string of the molecule is COCc1c(C(=O)N2CCCC(C3NNCC3Cc3ccccc3)C2)noc1C. The Kier molecular flexibility index (Phi) is 6.28. The van der Waals surface area contributed by atoms with Crippen LogP contribution in [0.5, 0.6) is 0 Å². The van der Waals surface area contributed by atoms with E-state index in [0.29, 0.717) is 35.9 Å².